The summed E-state index contributed by atoms with van der Waals surface area (Å²) >= 11 is 0. The summed E-state index contributed by atoms with van der Waals surface area (Å²) in [7, 11) is 0. The molecule has 0 aliphatic carbocycles. The van der Waals surface area contributed by atoms with Gasteiger partial charge in [0.05, 0.1) is 6.20 Å². The van der Waals surface area contributed by atoms with Crippen molar-refractivity contribution >= 4 is 5.78 Å². The molecule has 2 rings (SSSR count). The number of fused-ring (bicyclic) bond motifs is 1. The molecule has 0 amide bonds. The van der Waals surface area contributed by atoms with Gasteiger partial charge in [0.2, 0.25) is 5.78 Å². The zero-order chi connectivity index (χ0) is 7.68. The summed E-state index contributed by atoms with van der Waals surface area (Å²) in [6.45, 7) is 2.11. The molecule has 3 nitrogen and oxygen atoms in total. The van der Waals surface area contributed by atoms with Crippen molar-refractivity contribution in [2.45, 2.75) is 13.3 Å². The van der Waals surface area contributed by atoms with Crippen LogP contribution < -0.4 is 0 Å². The molecule has 3 heteroatoms. The van der Waals surface area contributed by atoms with Crippen molar-refractivity contribution in [3.63, 3.8) is 0 Å². The van der Waals surface area contributed by atoms with Crippen molar-refractivity contribution in [2.24, 2.45) is 0 Å². The van der Waals surface area contributed by atoms with Gasteiger partial charge in [-0.15, -0.1) is 0 Å². The van der Waals surface area contributed by atoms with Gasteiger partial charge < -0.3 is 0 Å². The molecule has 0 atom stereocenters. The third-order valence-corrected chi connectivity index (χ3v) is 1.73. The lowest BCUT2D eigenvalue weighted by Crippen LogP contribution is -1.90. The molecule has 0 N–H and O–H groups in total. The first-order chi connectivity index (χ1) is 5.42. The van der Waals surface area contributed by atoms with Crippen molar-refractivity contribution in [3.8, 4) is 0 Å². The molecular formula is C8H9N3. The summed E-state index contributed by atoms with van der Waals surface area (Å²) < 4.78 is 2.00. The van der Waals surface area contributed by atoms with Gasteiger partial charge in [0.25, 0.3) is 0 Å². The highest BCUT2D eigenvalue weighted by atomic mass is 15.1. The van der Waals surface area contributed by atoms with E-state index >= 15 is 0 Å². The summed E-state index contributed by atoms with van der Waals surface area (Å²) in [5, 5.41) is 0. The zero-order valence-electron chi connectivity index (χ0n) is 6.36. The Hall–Kier alpha value is -1.38. The minimum Gasteiger partial charge on any atom is -0.288 e. The monoisotopic (exact) mass is 147 g/mol. The maximum absolute atomic E-state index is 4.14. The lowest BCUT2D eigenvalue weighted by atomic mass is 10.4. The van der Waals surface area contributed by atoms with E-state index in [1.54, 1.807) is 6.20 Å². The first kappa shape index (κ1) is 6.34. The fraction of sp³-hybridized carbons (Fsp3) is 0.250. The van der Waals surface area contributed by atoms with E-state index in [2.05, 4.69) is 16.9 Å². The van der Waals surface area contributed by atoms with Crippen LogP contribution >= 0.6 is 0 Å². The van der Waals surface area contributed by atoms with Crippen LogP contribution in [0.1, 0.15) is 12.6 Å². The standard InChI is InChI=1S/C8H9N3/c1-2-7-6-10-8-9-4-3-5-11(7)8/h3-6H,2H2,1H3. The Kier molecular flexibility index (Phi) is 1.35. The molecule has 2 heterocycles. The Labute approximate surface area is 64.7 Å². The average molecular weight is 147 g/mol. The second kappa shape index (κ2) is 2.34. The van der Waals surface area contributed by atoms with Crippen LogP contribution in [0.15, 0.2) is 24.7 Å². The third-order valence-electron chi connectivity index (χ3n) is 1.73. The fourth-order valence-electron chi connectivity index (χ4n) is 1.14. The minimum atomic E-state index is 0.782. The second-order valence-corrected chi connectivity index (χ2v) is 2.39. The molecule has 0 aromatic carbocycles. The van der Waals surface area contributed by atoms with Crippen LogP contribution in [0.25, 0.3) is 5.78 Å². The van der Waals surface area contributed by atoms with Crippen molar-refractivity contribution in [2.75, 3.05) is 0 Å². The summed E-state index contributed by atoms with van der Waals surface area (Å²) in [6.07, 6.45) is 6.59. The highest BCUT2D eigenvalue weighted by Gasteiger charge is 1.98. The fourth-order valence-corrected chi connectivity index (χ4v) is 1.14. The molecule has 0 aliphatic heterocycles. The van der Waals surface area contributed by atoms with E-state index in [0.29, 0.717) is 0 Å². The largest absolute Gasteiger partial charge is 0.288 e. The van der Waals surface area contributed by atoms with Crippen molar-refractivity contribution in [3.05, 3.63) is 30.4 Å². The van der Waals surface area contributed by atoms with Crippen LogP contribution in [0.3, 0.4) is 0 Å². The summed E-state index contributed by atoms with van der Waals surface area (Å²) in [5.74, 6) is 0.782. The summed E-state index contributed by atoms with van der Waals surface area (Å²) in [5.41, 5.74) is 1.20. The average Bonchev–Trinajstić information content (AvgIpc) is 2.47. The van der Waals surface area contributed by atoms with Gasteiger partial charge in [-0.05, 0) is 12.5 Å². The summed E-state index contributed by atoms with van der Waals surface area (Å²) in [6, 6.07) is 1.91. The number of rotatable bonds is 1. The van der Waals surface area contributed by atoms with E-state index < -0.39 is 0 Å². The van der Waals surface area contributed by atoms with Gasteiger partial charge in [0, 0.05) is 18.1 Å². The van der Waals surface area contributed by atoms with Gasteiger partial charge in [0.1, 0.15) is 0 Å². The molecule has 56 valence electrons. The Morgan fingerprint density at radius 2 is 2.36 bits per heavy atom. The Morgan fingerprint density at radius 3 is 3.18 bits per heavy atom. The van der Waals surface area contributed by atoms with E-state index in [0.717, 1.165) is 12.2 Å². The maximum Gasteiger partial charge on any atom is 0.233 e. The number of nitrogens with zero attached hydrogens (tertiary/aromatic N) is 3. The number of imidazole rings is 1. The van der Waals surface area contributed by atoms with Crippen LogP contribution in [-0.4, -0.2) is 14.4 Å². The lowest BCUT2D eigenvalue weighted by molar-refractivity contribution is 0.978. The Bertz CT molecular complexity index is 364. The minimum absolute atomic E-state index is 0.782. The van der Waals surface area contributed by atoms with E-state index in [4.69, 9.17) is 0 Å². The van der Waals surface area contributed by atoms with Crippen LogP contribution in [0.4, 0.5) is 0 Å². The molecule has 0 saturated heterocycles. The second-order valence-electron chi connectivity index (χ2n) is 2.39. The molecule has 0 spiro atoms. The predicted molar refractivity (Wildman–Crippen MR) is 42.4 cm³/mol. The van der Waals surface area contributed by atoms with E-state index in [1.165, 1.54) is 5.69 Å². The molecule has 11 heavy (non-hydrogen) atoms. The highest BCUT2D eigenvalue weighted by molar-refractivity contribution is 5.30. The first-order valence-corrected chi connectivity index (χ1v) is 3.69. The topological polar surface area (TPSA) is 30.2 Å². The molecule has 0 unspecified atom stereocenters. The third kappa shape index (κ3) is 0.888. The van der Waals surface area contributed by atoms with E-state index in [1.807, 2.05) is 22.9 Å². The van der Waals surface area contributed by atoms with Gasteiger partial charge in [-0.2, -0.15) is 0 Å². The van der Waals surface area contributed by atoms with Crippen molar-refractivity contribution in [1.82, 2.24) is 14.4 Å². The van der Waals surface area contributed by atoms with E-state index in [9.17, 15) is 0 Å². The van der Waals surface area contributed by atoms with Crippen molar-refractivity contribution < 1.29 is 0 Å². The molecule has 0 aliphatic rings. The highest BCUT2D eigenvalue weighted by Crippen LogP contribution is 2.02. The van der Waals surface area contributed by atoms with Crippen LogP contribution in [0.5, 0.6) is 0 Å². The van der Waals surface area contributed by atoms with Gasteiger partial charge in [0.15, 0.2) is 0 Å². The lowest BCUT2D eigenvalue weighted by Gasteiger charge is -1.94. The molecule has 0 radical (unpaired) electrons. The van der Waals surface area contributed by atoms with Crippen LogP contribution in [0.2, 0.25) is 0 Å². The number of aryl methyl sites for hydroxylation is 1. The molecule has 0 saturated carbocycles. The number of hydrogen-bond donors (Lipinski definition) is 0. The van der Waals surface area contributed by atoms with Gasteiger partial charge in [-0.3, -0.25) is 4.40 Å². The van der Waals surface area contributed by atoms with Gasteiger partial charge in [-0.1, -0.05) is 6.92 Å². The summed E-state index contributed by atoms with van der Waals surface area (Å²) in [4.78, 5) is 8.24. The molecule has 2 aromatic heterocycles. The smallest absolute Gasteiger partial charge is 0.233 e. The van der Waals surface area contributed by atoms with Crippen LogP contribution in [-0.2, 0) is 6.42 Å². The molecule has 2 aromatic rings. The van der Waals surface area contributed by atoms with E-state index in [-0.39, 0.29) is 0 Å². The first-order valence-electron chi connectivity index (χ1n) is 3.69. The predicted octanol–water partition coefficient (Wildman–Crippen LogP) is 1.29. The SMILES string of the molecule is CCc1cnc2ncccn12. The Morgan fingerprint density at radius 1 is 1.45 bits per heavy atom. The Balaban J connectivity index is 2.76. The van der Waals surface area contributed by atoms with Crippen LogP contribution in [0, 0.1) is 0 Å². The quantitative estimate of drug-likeness (QED) is 0.608. The number of hydrogen-bond acceptors (Lipinski definition) is 2. The zero-order valence-corrected chi connectivity index (χ0v) is 6.36. The maximum atomic E-state index is 4.14. The number of aromatic nitrogens is 3. The normalized spacial score (nSPS) is 10.6. The molecule has 0 fully saturated rings. The molecular weight excluding hydrogens is 138 g/mol. The van der Waals surface area contributed by atoms with Gasteiger partial charge in [-0.25, -0.2) is 9.97 Å². The van der Waals surface area contributed by atoms with Crippen molar-refractivity contribution in [1.29, 1.82) is 0 Å². The molecule has 0 bridgehead atoms. The van der Waals surface area contributed by atoms with Gasteiger partial charge >= 0.3 is 0 Å².